The van der Waals surface area contributed by atoms with Gasteiger partial charge in [0.25, 0.3) is 0 Å². The number of aromatic nitrogens is 4. The molecular weight excluding hydrogens is 202 g/mol. The van der Waals surface area contributed by atoms with Gasteiger partial charge in [-0.3, -0.25) is 9.78 Å². The molecule has 0 aromatic carbocycles. The van der Waals surface area contributed by atoms with E-state index in [2.05, 4.69) is 34.5 Å². The van der Waals surface area contributed by atoms with Crippen molar-refractivity contribution in [3.8, 4) is 0 Å². The van der Waals surface area contributed by atoms with Crippen LogP contribution < -0.4 is 5.32 Å². The number of hydrogen-bond donors (Lipinski definition) is 2. The first-order chi connectivity index (χ1) is 7.66. The predicted molar refractivity (Wildman–Crippen MR) is 61.8 cm³/mol. The fraction of sp³-hybridized carbons (Fsp3) is 0.455. The molecule has 0 radical (unpaired) electrons. The summed E-state index contributed by atoms with van der Waals surface area (Å²) < 4.78 is 1.82. The average Bonchev–Trinajstić information content (AvgIpc) is 2.87. The summed E-state index contributed by atoms with van der Waals surface area (Å²) in [5.41, 5.74) is 2.36. The Bertz CT molecular complexity index is 431. The van der Waals surface area contributed by atoms with Crippen LogP contribution in [-0.2, 0) is 7.05 Å². The van der Waals surface area contributed by atoms with E-state index in [1.54, 1.807) is 0 Å². The van der Waals surface area contributed by atoms with Gasteiger partial charge < -0.3 is 5.32 Å². The monoisotopic (exact) mass is 219 g/mol. The van der Waals surface area contributed by atoms with Crippen LogP contribution in [0.2, 0.25) is 0 Å². The van der Waals surface area contributed by atoms with Crippen LogP contribution in [0.25, 0.3) is 0 Å². The Morgan fingerprint density at radius 3 is 2.56 bits per heavy atom. The third kappa shape index (κ3) is 2.30. The van der Waals surface area contributed by atoms with Crippen molar-refractivity contribution >= 4 is 0 Å². The van der Waals surface area contributed by atoms with Gasteiger partial charge >= 0.3 is 0 Å². The largest absolute Gasteiger partial charge is 0.303 e. The molecule has 16 heavy (non-hydrogen) atoms. The van der Waals surface area contributed by atoms with Crippen molar-refractivity contribution in [3.05, 3.63) is 35.9 Å². The van der Waals surface area contributed by atoms with Crippen LogP contribution in [0, 0.1) is 0 Å². The van der Waals surface area contributed by atoms with E-state index in [-0.39, 0.29) is 12.1 Å². The van der Waals surface area contributed by atoms with E-state index < -0.39 is 0 Å². The van der Waals surface area contributed by atoms with Crippen molar-refractivity contribution in [1.82, 2.24) is 25.3 Å². The molecule has 2 atom stereocenters. The van der Waals surface area contributed by atoms with E-state index in [1.807, 2.05) is 36.5 Å². The first-order valence-corrected chi connectivity index (χ1v) is 5.40. The minimum atomic E-state index is 0.272. The summed E-state index contributed by atoms with van der Waals surface area (Å²) >= 11 is 0. The first-order valence-electron chi connectivity index (χ1n) is 5.40. The lowest BCUT2D eigenvalue weighted by molar-refractivity contribution is 0.494. The molecule has 0 bridgehead atoms. The van der Waals surface area contributed by atoms with Crippen LogP contribution in [0.5, 0.6) is 0 Å². The number of hydrogen-bond acceptors (Lipinski definition) is 3. The van der Waals surface area contributed by atoms with Gasteiger partial charge in [0.15, 0.2) is 0 Å². The van der Waals surface area contributed by atoms with Gasteiger partial charge in [-0.15, -0.1) is 0 Å². The van der Waals surface area contributed by atoms with Gasteiger partial charge in [-0.25, -0.2) is 0 Å². The van der Waals surface area contributed by atoms with Crippen molar-refractivity contribution in [2.45, 2.75) is 25.9 Å². The predicted octanol–water partition coefficient (Wildman–Crippen LogP) is 1.55. The Kier molecular flexibility index (Phi) is 3.05. The maximum atomic E-state index is 4.17. The SMILES string of the molecule is CC(NC(C)c1cnn(C)c1)c1cn[nH]c1. The molecule has 5 heteroatoms. The second-order valence-electron chi connectivity index (χ2n) is 4.09. The van der Waals surface area contributed by atoms with E-state index in [4.69, 9.17) is 0 Å². The van der Waals surface area contributed by atoms with Crippen LogP contribution >= 0.6 is 0 Å². The molecule has 5 nitrogen and oxygen atoms in total. The smallest absolute Gasteiger partial charge is 0.0537 e. The zero-order valence-corrected chi connectivity index (χ0v) is 9.81. The van der Waals surface area contributed by atoms with Gasteiger partial charge in [0.05, 0.1) is 12.4 Å². The lowest BCUT2D eigenvalue weighted by Gasteiger charge is -2.17. The molecule has 0 saturated carbocycles. The average molecular weight is 219 g/mol. The van der Waals surface area contributed by atoms with Gasteiger partial charge in [-0.05, 0) is 13.8 Å². The molecule has 0 aliphatic rings. The highest BCUT2D eigenvalue weighted by molar-refractivity contribution is 5.13. The number of aromatic amines is 1. The van der Waals surface area contributed by atoms with Crippen molar-refractivity contribution in [3.63, 3.8) is 0 Å². The summed E-state index contributed by atoms with van der Waals surface area (Å²) in [6, 6.07) is 0.549. The highest BCUT2D eigenvalue weighted by Gasteiger charge is 2.12. The Labute approximate surface area is 94.9 Å². The summed E-state index contributed by atoms with van der Waals surface area (Å²) in [6.45, 7) is 4.26. The van der Waals surface area contributed by atoms with Crippen LogP contribution in [0.3, 0.4) is 0 Å². The van der Waals surface area contributed by atoms with Gasteiger partial charge in [-0.1, -0.05) is 0 Å². The summed E-state index contributed by atoms with van der Waals surface area (Å²) in [7, 11) is 1.93. The van der Waals surface area contributed by atoms with Gasteiger partial charge in [-0.2, -0.15) is 10.2 Å². The third-order valence-corrected chi connectivity index (χ3v) is 2.74. The van der Waals surface area contributed by atoms with Gasteiger partial charge in [0.1, 0.15) is 0 Å². The molecule has 86 valence electrons. The molecule has 2 rings (SSSR count). The molecule has 2 unspecified atom stereocenters. The molecule has 0 fully saturated rings. The molecule has 0 aliphatic carbocycles. The molecule has 0 spiro atoms. The van der Waals surface area contributed by atoms with Crippen molar-refractivity contribution in [2.24, 2.45) is 7.05 Å². The summed E-state index contributed by atoms with van der Waals surface area (Å²) in [5, 5.41) is 14.4. The third-order valence-electron chi connectivity index (χ3n) is 2.74. The molecule has 2 aromatic rings. The number of H-pyrrole nitrogens is 1. The number of aryl methyl sites for hydroxylation is 1. The molecule has 2 heterocycles. The van der Waals surface area contributed by atoms with E-state index in [0.29, 0.717) is 0 Å². The lowest BCUT2D eigenvalue weighted by Crippen LogP contribution is -2.21. The maximum Gasteiger partial charge on any atom is 0.0537 e. The van der Waals surface area contributed by atoms with Crippen LogP contribution in [-0.4, -0.2) is 20.0 Å². The fourth-order valence-electron chi connectivity index (χ4n) is 1.73. The summed E-state index contributed by atoms with van der Waals surface area (Å²) in [5.74, 6) is 0. The standard InChI is InChI=1S/C11H17N5/c1-8(10-4-12-13-5-10)15-9(2)11-6-14-16(3)7-11/h4-9,15H,1-3H3,(H,12,13). The minimum absolute atomic E-state index is 0.272. The van der Waals surface area contributed by atoms with E-state index >= 15 is 0 Å². The highest BCUT2D eigenvalue weighted by atomic mass is 15.2. The lowest BCUT2D eigenvalue weighted by atomic mass is 10.1. The number of nitrogens with one attached hydrogen (secondary N) is 2. The Morgan fingerprint density at radius 2 is 2.00 bits per heavy atom. The van der Waals surface area contributed by atoms with Gasteiger partial charge in [0.2, 0.25) is 0 Å². The second-order valence-corrected chi connectivity index (χ2v) is 4.09. The van der Waals surface area contributed by atoms with Crippen LogP contribution in [0.4, 0.5) is 0 Å². The molecule has 0 saturated heterocycles. The van der Waals surface area contributed by atoms with Crippen LogP contribution in [0.1, 0.15) is 37.1 Å². The molecule has 0 amide bonds. The fourth-order valence-corrected chi connectivity index (χ4v) is 1.73. The van der Waals surface area contributed by atoms with E-state index in [1.165, 1.54) is 5.56 Å². The Hall–Kier alpha value is -1.62. The maximum absolute atomic E-state index is 4.17. The highest BCUT2D eigenvalue weighted by Crippen LogP contribution is 2.17. The molecule has 0 aliphatic heterocycles. The quantitative estimate of drug-likeness (QED) is 0.820. The molecule has 2 aromatic heterocycles. The van der Waals surface area contributed by atoms with Gasteiger partial charge in [0, 0.05) is 42.7 Å². The van der Waals surface area contributed by atoms with Crippen molar-refractivity contribution < 1.29 is 0 Å². The number of nitrogens with zero attached hydrogens (tertiary/aromatic N) is 3. The second kappa shape index (κ2) is 4.49. The Morgan fingerprint density at radius 1 is 1.25 bits per heavy atom. The number of rotatable bonds is 4. The van der Waals surface area contributed by atoms with E-state index in [0.717, 1.165) is 5.56 Å². The van der Waals surface area contributed by atoms with Crippen molar-refractivity contribution in [2.75, 3.05) is 0 Å². The zero-order valence-electron chi connectivity index (χ0n) is 9.81. The summed E-state index contributed by atoms with van der Waals surface area (Å²) in [6.07, 6.45) is 7.67. The molecular formula is C11H17N5. The first kappa shape index (κ1) is 10.9. The minimum Gasteiger partial charge on any atom is -0.303 e. The zero-order chi connectivity index (χ0) is 11.5. The Balaban J connectivity index is 2.00. The normalized spacial score (nSPS) is 14.9. The molecule has 2 N–H and O–H groups in total. The summed E-state index contributed by atoms with van der Waals surface area (Å²) in [4.78, 5) is 0. The van der Waals surface area contributed by atoms with E-state index in [9.17, 15) is 0 Å². The van der Waals surface area contributed by atoms with Crippen molar-refractivity contribution in [1.29, 1.82) is 0 Å². The van der Waals surface area contributed by atoms with Crippen LogP contribution in [0.15, 0.2) is 24.8 Å². The topological polar surface area (TPSA) is 58.5 Å².